The summed E-state index contributed by atoms with van der Waals surface area (Å²) in [6.07, 6.45) is 10.5. The second kappa shape index (κ2) is 4.06. The molecule has 3 nitrogen and oxygen atoms in total. The molecule has 0 aromatic heterocycles. The summed E-state index contributed by atoms with van der Waals surface area (Å²) in [4.78, 5) is 27.3. The van der Waals surface area contributed by atoms with Gasteiger partial charge in [0.2, 0.25) is 0 Å². The molecule has 0 radical (unpaired) electrons. The first-order chi connectivity index (χ1) is 9.25. The summed E-state index contributed by atoms with van der Waals surface area (Å²) >= 11 is 0. The highest BCUT2D eigenvalue weighted by atomic mass is 16.1. The van der Waals surface area contributed by atoms with Crippen LogP contribution in [0.25, 0.3) is 0 Å². The SMILES string of the molecule is O=C1C(N2CCCCC2)=CC(=O)[C@H]2[C@@H]1[C@H]1C=C[C@H]2C1. The molecule has 0 amide bonds. The first kappa shape index (κ1) is 11.4. The molecule has 1 aliphatic heterocycles. The molecule has 19 heavy (non-hydrogen) atoms. The highest BCUT2D eigenvalue weighted by molar-refractivity contribution is 6.11. The number of allylic oxidation sites excluding steroid dienone is 4. The average Bonchev–Trinajstić information content (AvgIpc) is 3.05. The molecular weight excluding hydrogens is 238 g/mol. The molecule has 0 aromatic rings. The van der Waals surface area contributed by atoms with E-state index >= 15 is 0 Å². The molecule has 0 unspecified atom stereocenters. The van der Waals surface area contributed by atoms with E-state index < -0.39 is 0 Å². The minimum absolute atomic E-state index is 0.0453. The molecule has 3 aliphatic carbocycles. The van der Waals surface area contributed by atoms with Crippen molar-refractivity contribution in [3.63, 3.8) is 0 Å². The lowest BCUT2D eigenvalue weighted by atomic mass is 9.73. The lowest BCUT2D eigenvalue weighted by molar-refractivity contribution is -0.131. The number of Topliss-reactive ketones (excluding diaryl/α,β-unsaturated/α-hetero) is 1. The van der Waals surface area contributed by atoms with E-state index in [-0.39, 0.29) is 23.4 Å². The van der Waals surface area contributed by atoms with E-state index in [0.29, 0.717) is 17.5 Å². The molecule has 2 bridgehead atoms. The van der Waals surface area contributed by atoms with Gasteiger partial charge in [0.05, 0.1) is 5.70 Å². The molecule has 3 heteroatoms. The second-order valence-electron chi connectivity index (χ2n) is 6.34. The van der Waals surface area contributed by atoms with Crippen LogP contribution in [0, 0.1) is 23.7 Å². The van der Waals surface area contributed by atoms with Crippen molar-refractivity contribution in [3.8, 4) is 0 Å². The lowest BCUT2D eigenvalue weighted by Gasteiger charge is -2.36. The van der Waals surface area contributed by atoms with Crippen LogP contribution in [0.15, 0.2) is 23.9 Å². The first-order valence-electron chi connectivity index (χ1n) is 7.49. The van der Waals surface area contributed by atoms with Crippen LogP contribution in [0.3, 0.4) is 0 Å². The Morgan fingerprint density at radius 2 is 1.63 bits per heavy atom. The van der Waals surface area contributed by atoms with E-state index in [4.69, 9.17) is 0 Å². The van der Waals surface area contributed by atoms with Crippen molar-refractivity contribution in [1.82, 2.24) is 4.90 Å². The fourth-order valence-corrected chi connectivity index (χ4v) is 4.42. The molecule has 1 heterocycles. The minimum atomic E-state index is -0.0515. The van der Waals surface area contributed by atoms with Crippen LogP contribution in [-0.4, -0.2) is 29.6 Å². The van der Waals surface area contributed by atoms with Gasteiger partial charge in [0.15, 0.2) is 11.6 Å². The van der Waals surface area contributed by atoms with Gasteiger partial charge < -0.3 is 4.90 Å². The van der Waals surface area contributed by atoms with E-state index in [0.717, 1.165) is 32.4 Å². The quantitative estimate of drug-likeness (QED) is 0.674. The van der Waals surface area contributed by atoms with E-state index in [9.17, 15) is 9.59 Å². The topological polar surface area (TPSA) is 37.4 Å². The van der Waals surface area contributed by atoms with Crippen LogP contribution < -0.4 is 0 Å². The summed E-state index contributed by atoms with van der Waals surface area (Å²) in [5, 5.41) is 0. The van der Waals surface area contributed by atoms with Gasteiger partial charge in [-0.3, -0.25) is 9.59 Å². The fraction of sp³-hybridized carbons (Fsp3) is 0.625. The van der Waals surface area contributed by atoms with Gasteiger partial charge in [0, 0.05) is 31.0 Å². The number of rotatable bonds is 1. The van der Waals surface area contributed by atoms with Crippen molar-refractivity contribution in [2.45, 2.75) is 25.7 Å². The lowest BCUT2D eigenvalue weighted by Crippen LogP contribution is -2.43. The molecule has 0 spiro atoms. The van der Waals surface area contributed by atoms with Crippen LogP contribution in [0.4, 0.5) is 0 Å². The number of fused-ring (bicyclic) bond motifs is 5. The third-order valence-electron chi connectivity index (χ3n) is 5.32. The summed E-state index contributed by atoms with van der Waals surface area (Å²) in [6.45, 7) is 1.87. The number of likely N-dealkylation sites (tertiary alicyclic amines) is 1. The second-order valence-corrected chi connectivity index (χ2v) is 6.34. The number of piperidine rings is 1. The molecule has 4 aliphatic rings. The van der Waals surface area contributed by atoms with Gasteiger partial charge in [-0.05, 0) is 37.5 Å². The number of carbonyl (C=O) groups excluding carboxylic acids is 2. The Labute approximate surface area is 113 Å². The zero-order valence-electron chi connectivity index (χ0n) is 11.0. The van der Waals surface area contributed by atoms with Crippen LogP contribution in [0.2, 0.25) is 0 Å². The van der Waals surface area contributed by atoms with Crippen molar-refractivity contribution in [3.05, 3.63) is 23.9 Å². The van der Waals surface area contributed by atoms with Crippen molar-refractivity contribution >= 4 is 11.6 Å². The van der Waals surface area contributed by atoms with Crippen LogP contribution in [0.5, 0.6) is 0 Å². The predicted molar refractivity (Wildman–Crippen MR) is 71.2 cm³/mol. The number of carbonyl (C=O) groups is 2. The average molecular weight is 257 g/mol. The minimum Gasteiger partial charge on any atom is -0.369 e. The molecule has 0 N–H and O–H groups in total. The Balaban J connectivity index is 1.67. The number of nitrogens with zero attached hydrogens (tertiary/aromatic N) is 1. The highest BCUT2D eigenvalue weighted by Crippen LogP contribution is 2.51. The number of ketones is 2. The van der Waals surface area contributed by atoms with Gasteiger partial charge >= 0.3 is 0 Å². The monoisotopic (exact) mass is 257 g/mol. The fourth-order valence-electron chi connectivity index (χ4n) is 4.42. The standard InChI is InChI=1S/C16H19NO2/c18-13-9-12(17-6-2-1-3-7-17)16(19)15-11-5-4-10(8-11)14(13)15/h4-5,9-11,14-15H,1-3,6-8H2/t10-,11-,14-,15-/m0/s1. The zero-order valence-corrected chi connectivity index (χ0v) is 11.0. The largest absolute Gasteiger partial charge is 0.369 e. The Hall–Kier alpha value is -1.38. The highest BCUT2D eigenvalue weighted by Gasteiger charge is 2.53. The molecule has 100 valence electrons. The Morgan fingerprint density at radius 3 is 2.37 bits per heavy atom. The van der Waals surface area contributed by atoms with E-state index in [2.05, 4.69) is 17.1 Å². The smallest absolute Gasteiger partial charge is 0.183 e. The van der Waals surface area contributed by atoms with Gasteiger partial charge in [0.25, 0.3) is 0 Å². The Bertz CT molecular complexity index is 499. The van der Waals surface area contributed by atoms with E-state index in [1.807, 2.05) is 0 Å². The third-order valence-corrected chi connectivity index (χ3v) is 5.32. The maximum atomic E-state index is 12.7. The molecule has 1 saturated carbocycles. The number of hydrogen-bond acceptors (Lipinski definition) is 3. The number of hydrogen-bond donors (Lipinski definition) is 0. The van der Waals surface area contributed by atoms with E-state index in [1.165, 1.54) is 6.42 Å². The third kappa shape index (κ3) is 1.57. The van der Waals surface area contributed by atoms with Gasteiger partial charge in [0.1, 0.15) is 0 Å². The normalized spacial score (nSPS) is 40.6. The summed E-state index contributed by atoms with van der Waals surface area (Å²) in [6, 6.07) is 0. The maximum Gasteiger partial charge on any atom is 0.183 e. The van der Waals surface area contributed by atoms with E-state index in [1.54, 1.807) is 6.08 Å². The van der Waals surface area contributed by atoms with Crippen molar-refractivity contribution in [1.29, 1.82) is 0 Å². The van der Waals surface area contributed by atoms with Gasteiger partial charge in [-0.2, -0.15) is 0 Å². The molecular formula is C16H19NO2. The van der Waals surface area contributed by atoms with Crippen LogP contribution >= 0.6 is 0 Å². The summed E-state index contributed by atoms with van der Waals surface area (Å²) in [5.74, 6) is 0.983. The maximum absolute atomic E-state index is 12.7. The Morgan fingerprint density at radius 1 is 0.947 bits per heavy atom. The molecule has 4 atom stereocenters. The molecule has 0 aromatic carbocycles. The Kier molecular flexibility index (Phi) is 2.44. The first-order valence-corrected chi connectivity index (χ1v) is 7.49. The molecule has 4 rings (SSSR count). The molecule has 2 fully saturated rings. The van der Waals surface area contributed by atoms with Crippen LogP contribution in [-0.2, 0) is 9.59 Å². The van der Waals surface area contributed by atoms with Gasteiger partial charge in [-0.15, -0.1) is 0 Å². The van der Waals surface area contributed by atoms with Gasteiger partial charge in [-0.25, -0.2) is 0 Å². The van der Waals surface area contributed by atoms with Gasteiger partial charge in [-0.1, -0.05) is 12.2 Å². The van der Waals surface area contributed by atoms with Crippen molar-refractivity contribution < 1.29 is 9.59 Å². The van der Waals surface area contributed by atoms with Crippen LogP contribution in [0.1, 0.15) is 25.7 Å². The summed E-state index contributed by atoms with van der Waals surface area (Å²) in [5.41, 5.74) is 0.715. The molecule has 1 saturated heterocycles. The predicted octanol–water partition coefficient (Wildman–Crippen LogP) is 1.95. The summed E-state index contributed by atoms with van der Waals surface area (Å²) in [7, 11) is 0. The zero-order chi connectivity index (χ0) is 13.0. The van der Waals surface area contributed by atoms with Crippen molar-refractivity contribution in [2.24, 2.45) is 23.7 Å². The summed E-state index contributed by atoms with van der Waals surface area (Å²) < 4.78 is 0. The van der Waals surface area contributed by atoms with Crippen molar-refractivity contribution in [2.75, 3.05) is 13.1 Å².